The predicted octanol–water partition coefficient (Wildman–Crippen LogP) is 4.88. The SMILES string of the molecule is Cc1ccc(-c2ccc(-c3ccc(O[C@@H]4CCCC[C@@H]4F)nn3)c(O)c2)cn1. The van der Waals surface area contributed by atoms with Crippen LogP contribution in [0, 0.1) is 6.92 Å². The molecule has 1 fully saturated rings. The van der Waals surface area contributed by atoms with Gasteiger partial charge in [-0.1, -0.05) is 18.6 Å². The zero-order valence-electron chi connectivity index (χ0n) is 15.7. The molecule has 0 unspecified atom stereocenters. The molecule has 3 aromatic rings. The van der Waals surface area contributed by atoms with E-state index in [1.165, 1.54) is 0 Å². The molecule has 4 rings (SSSR count). The van der Waals surface area contributed by atoms with Crippen LogP contribution in [0.5, 0.6) is 11.6 Å². The number of nitrogens with zero attached hydrogens (tertiary/aromatic N) is 3. The highest BCUT2D eigenvalue weighted by Crippen LogP contribution is 2.33. The van der Waals surface area contributed by atoms with Crippen LogP contribution in [0.2, 0.25) is 0 Å². The Kier molecular flexibility index (Phi) is 5.19. The molecule has 1 saturated carbocycles. The summed E-state index contributed by atoms with van der Waals surface area (Å²) in [6.07, 6.45) is 3.47. The van der Waals surface area contributed by atoms with Crippen molar-refractivity contribution in [2.24, 2.45) is 0 Å². The van der Waals surface area contributed by atoms with E-state index in [1.54, 1.807) is 30.5 Å². The quantitative estimate of drug-likeness (QED) is 0.700. The van der Waals surface area contributed by atoms with Gasteiger partial charge in [0.25, 0.3) is 0 Å². The molecule has 0 spiro atoms. The van der Waals surface area contributed by atoms with Crippen LogP contribution >= 0.6 is 0 Å². The number of hydrogen-bond donors (Lipinski definition) is 1. The second-order valence-corrected chi connectivity index (χ2v) is 7.13. The molecule has 0 amide bonds. The van der Waals surface area contributed by atoms with E-state index in [-0.39, 0.29) is 5.75 Å². The summed E-state index contributed by atoms with van der Waals surface area (Å²) in [5.74, 6) is 0.414. The van der Waals surface area contributed by atoms with Gasteiger partial charge < -0.3 is 9.84 Å². The molecule has 144 valence electrons. The highest BCUT2D eigenvalue weighted by atomic mass is 19.1. The van der Waals surface area contributed by atoms with Crippen LogP contribution < -0.4 is 4.74 Å². The summed E-state index contributed by atoms with van der Waals surface area (Å²) in [7, 11) is 0. The Morgan fingerprint density at radius 2 is 1.82 bits per heavy atom. The van der Waals surface area contributed by atoms with Gasteiger partial charge in [-0.2, -0.15) is 0 Å². The van der Waals surface area contributed by atoms with Crippen molar-refractivity contribution in [2.45, 2.75) is 44.9 Å². The number of ether oxygens (including phenoxy) is 1. The number of phenolic OH excluding ortho intramolecular Hbond substituents is 1. The summed E-state index contributed by atoms with van der Waals surface area (Å²) in [6, 6.07) is 12.7. The first kappa shape index (κ1) is 18.3. The zero-order valence-corrected chi connectivity index (χ0v) is 15.7. The van der Waals surface area contributed by atoms with Gasteiger partial charge in [0.1, 0.15) is 18.0 Å². The van der Waals surface area contributed by atoms with E-state index in [4.69, 9.17) is 4.74 Å². The van der Waals surface area contributed by atoms with Crippen LogP contribution in [0.25, 0.3) is 22.4 Å². The maximum atomic E-state index is 13.9. The van der Waals surface area contributed by atoms with Gasteiger partial charge in [-0.25, -0.2) is 4.39 Å². The van der Waals surface area contributed by atoms with E-state index >= 15 is 0 Å². The highest BCUT2D eigenvalue weighted by molar-refractivity contribution is 5.73. The minimum Gasteiger partial charge on any atom is -0.507 e. The first-order valence-electron chi connectivity index (χ1n) is 9.51. The lowest BCUT2D eigenvalue weighted by molar-refractivity contribution is 0.0594. The number of phenols is 1. The van der Waals surface area contributed by atoms with Crippen LogP contribution in [0.1, 0.15) is 31.4 Å². The van der Waals surface area contributed by atoms with E-state index in [1.807, 2.05) is 25.1 Å². The summed E-state index contributed by atoms with van der Waals surface area (Å²) >= 11 is 0. The molecule has 2 atom stereocenters. The van der Waals surface area contributed by atoms with Crippen molar-refractivity contribution in [3.8, 4) is 34.0 Å². The molecule has 1 aliphatic rings. The molecule has 1 N–H and O–H groups in total. The van der Waals surface area contributed by atoms with Gasteiger partial charge >= 0.3 is 0 Å². The Balaban J connectivity index is 1.51. The number of aryl methyl sites for hydroxylation is 1. The molecule has 0 radical (unpaired) electrons. The maximum Gasteiger partial charge on any atom is 0.233 e. The molecular weight excluding hydrogens is 357 g/mol. The fourth-order valence-electron chi connectivity index (χ4n) is 3.43. The normalized spacial score (nSPS) is 19.4. The van der Waals surface area contributed by atoms with E-state index in [0.29, 0.717) is 30.0 Å². The van der Waals surface area contributed by atoms with E-state index in [0.717, 1.165) is 29.7 Å². The smallest absolute Gasteiger partial charge is 0.233 e. The lowest BCUT2D eigenvalue weighted by Crippen LogP contribution is -2.32. The van der Waals surface area contributed by atoms with Crippen molar-refractivity contribution >= 4 is 0 Å². The van der Waals surface area contributed by atoms with Crippen LogP contribution in [-0.4, -0.2) is 32.6 Å². The number of aromatic hydroxyl groups is 1. The lowest BCUT2D eigenvalue weighted by atomic mass is 9.96. The van der Waals surface area contributed by atoms with Gasteiger partial charge in [0, 0.05) is 29.1 Å². The summed E-state index contributed by atoms with van der Waals surface area (Å²) in [6.45, 7) is 1.93. The average Bonchev–Trinajstić information content (AvgIpc) is 2.71. The molecule has 5 nitrogen and oxygen atoms in total. The number of benzene rings is 1. The third-order valence-electron chi connectivity index (χ3n) is 5.05. The number of halogens is 1. The number of alkyl halides is 1. The number of hydrogen-bond acceptors (Lipinski definition) is 5. The molecule has 28 heavy (non-hydrogen) atoms. The van der Waals surface area contributed by atoms with E-state index in [9.17, 15) is 9.50 Å². The fourth-order valence-corrected chi connectivity index (χ4v) is 3.43. The number of rotatable bonds is 4. The predicted molar refractivity (Wildman–Crippen MR) is 105 cm³/mol. The van der Waals surface area contributed by atoms with Gasteiger partial charge in [0.2, 0.25) is 5.88 Å². The molecule has 2 aromatic heterocycles. The third kappa shape index (κ3) is 3.96. The van der Waals surface area contributed by atoms with Crippen molar-refractivity contribution in [3.05, 3.63) is 54.4 Å². The van der Waals surface area contributed by atoms with Crippen molar-refractivity contribution in [1.29, 1.82) is 0 Å². The molecule has 6 heteroatoms. The van der Waals surface area contributed by atoms with Crippen LogP contribution in [0.3, 0.4) is 0 Å². The van der Waals surface area contributed by atoms with Crippen LogP contribution in [-0.2, 0) is 0 Å². The van der Waals surface area contributed by atoms with Crippen LogP contribution in [0.15, 0.2) is 48.7 Å². The fraction of sp³-hybridized carbons (Fsp3) is 0.318. The summed E-state index contributed by atoms with van der Waals surface area (Å²) in [5.41, 5.74) is 3.83. The highest BCUT2D eigenvalue weighted by Gasteiger charge is 2.26. The Morgan fingerprint density at radius 1 is 1.00 bits per heavy atom. The Labute approximate surface area is 163 Å². The van der Waals surface area contributed by atoms with Gasteiger partial charge in [0.15, 0.2) is 0 Å². The number of pyridine rings is 1. The summed E-state index contributed by atoms with van der Waals surface area (Å²) in [4.78, 5) is 4.28. The second-order valence-electron chi connectivity index (χ2n) is 7.13. The molecule has 0 saturated heterocycles. The Bertz CT molecular complexity index is 945. The van der Waals surface area contributed by atoms with Crippen molar-refractivity contribution in [2.75, 3.05) is 0 Å². The Hall–Kier alpha value is -3.02. The molecule has 2 heterocycles. The number of aromatic nitrogens is 3. The largest absolute Gasteiger partial charge is 0.507 e. The monoisotopic (exact) mass is 379 g/mol. The van der Waals surface area contributed by atoms with Crippen molar-refractivity contribution in [1.82, 2.24) is 15.2 Å². The van der Waals surface area contributed by atoms with Crippen molar-refractivity contribution < 1.29 is 14.2 Å². The topological polar surface area (TPSA) is 68.1 Å². The first-order chi connectivity index (χ1) is 13.6. The van der Waals surface area contributed by atoms with Gasteiger partial charge in [0.05, 0.1) is 5.69 Å². The van der Waals surface area contributed by atoms with E-state index in [2.05, 4.69) is 15.2 Å². The van der Waals surface area contributed by atoms with Gasteiger partial charge in [-0.3, -0.25) is 4.98 Å². The molecule has 1 aromatic carbocycles. The Morgan fingerprint density at radius 3 is 2.50 bits per heavy atom. The lowest BCUT2D eigenvalue weighted by Gasteiger charge is -2.25. The summed E-state index contributed by atoms with van der Waals surface area (Å²) in [5, 5.41) is 18.7. The molecular formula is C22H22FN3O2. The maximum absolute atomic E-state index is 13.9. The van der Waals surface area contributed by atoms with Crippen molar-refractivity contribution in [3.63, 3.8) is 0 Å². The summed E-state index contributed by atoms with van der Waals surface area (Å²) < 4.78 is 19.6. The zero-order chi connectivity index (χ0) is 19.5. The minimum atomic E-state index is -0.955. The van der Waals surface area contributed by atoms with Gasteiger partial charge in [-0.05, 0) is 56.0 Å². The second kappa shape index (κ2) is 7.92. The first-order valence-corrected chi connectivity index (χ1v) is 9.51. The minimum absolute atomic E-state index is 0.108. The molecule has 1 aliphatic carbocycles. The standard InChI is InChI=1S/C22H22FN3O2/c1-14-6-7-16(13-24-14)15-8-9-17(20(27)12-15)19-10-11-22(26-25-19)28-21-5-3-2-4-18(21)23/h6-13,18,21,27H,2-5H2,1H3/t18-,21+/m0/s1. The van der Waals surface area contributed by atoms with Crippen LogP contribution in [0.4, 0.5) is 4.39 Å². The van der Waals surface area contributed by atoms with E-state index < -0.39 is 12.3 Å². The third-order valence-corrected chi connectivity index (χ3v) is 5.05. The molecule has 0 aliphatic heterocycles. The molecule has 0 bridgehead atoms. The van der Waals surface area contributed by atoms with Gasteiger partial charge in [-0.15, -0.1) is 10.2 Å². The average molecular weight is 379 g/mol.